The molecule has 0 bridgehead atoms. The average Bonchev–Trinajstić information content (AvgIpc) is 2.67. The van der Waals surface area contributed by atoms with Crippen LogP contribution in [0.3, 0.4) is 0 Å². The van der Waals surface area contributed by atoms with Crippen molar-refractivity contribution in [1.82, 2.24) is 0 Å². The van der Waals surface area contributed by atoms with Gasteiger partial charge in [-0.25, -0.2) is 0 Å². The molecule has 25 heavy (non-hydrogen) atoms. The Morgan fingerprint density at radius 1 is 1.04 bits per heavy atom. The summed E-state index contributed by atoms with van der Waals surface area (Å²) in [5, 5.41) is 4.78. The first kappa shape index (κ1) is 17.2. The summed E-state index contributed by atoms with van der Waals surface area (Å²) in [6.07, 6.45) is 0. The number of hydrogen-bond donors (Lipinski definition) is 1. The van der Waals surface area contributed by atoms with Crippen molar-refractivity contribution < 1.29 is 14.3 Å². The van der Waals surface area contributed by atoms with Crippen molar-refractivity contribution in [3.8, 4) is 5.75 Å². The maximum atomic E-state index is 13.0. The van der Waals surface area contributed by atoms with Gasteiger partial charge in [-0.2, -0.15) is 0 Å². The molecule has 1 N–H and O–H groups in total. The normalized spacial score (nSPS) is 10.5. The molecule has 3 rings (SSSR count). The highest BCUT2D eigenvalue weighted by Crippen LogP contribution is 2.30. The number of ether oxygens (including phenoxy) is 1. The predicted molar refractivity (Wildman–Crippen MR) is 103 cm³/mol. The molecule has 0 unspecified atom stereocenters. The first-order valence-corrected chi connectivity index (χ1v) is 8.82. The van der Waals surface area contributed by atoms with Gasteiger partial charge in [0, 0.05) is 16.5 Å². The lowest BCUT2D eigenvalue weighted by molar-refractivity contribution is -0.113. The number of fused-ring (bicyclic) bond motifs is 1. The number of hydrogen-bond acceptors (Lipinski definition) is 3. The number of rotatable bonds is 5. The topological polar surface area (TPSA) is 55.4 Å². The molecule has 3 aromatic rings. The fraction of sp³-hybridized carbons (Fsp3) is 0.100. The molecule has 0 aliphatic carbocycles. The minimum atomic E-state index is -0.212. The maximum absolute atomic E-state index is 13.0. The van der Waals surface area contributed by atoms with E-state index in [9.17, 15) is 9.59 Å². The van der Waals surface area contributed by atoms with E-state index in [1.54, 1.807) is 37.4 Å². The van der Waals surface area contributed by atoms with Crippen LogP contribution >= 0.6 is 15.9 Å². The van der Waals surface area contributed by atoms with E-state index in [0.717, 1.165) is 10.8 Å². The van der Waals surface area contributed by atoms with Crippen LogP contribution in [0.5, 0.6) is 5.75 Å². The van der Waals surface area contributed by atoms with Crippen LogP contribution in [0.15, 0.2) is 60.7 Å². The molecule has 0 radical (unpaired) electrons. The van der Waals surface area contributed by atoms with E-state index < -0.39 is 0 Å². The molecule has 0 spiro atoms. The Bertz CT molecular complexity index is 953. The molecule has 0 saturated carbocycles. The van der Waals surface area contributed by atoms with E-state index in [1.807, 2.05) is 30.3 Å². The standard InChI is InChI=1S/C20H16BrNO3/c1-25-15-7-4-6-14(11-15)20(24)17-10-9-13-5-2-3-8-16(13)19(17)22-18(23)12-21/h2-11H,12H2,1H3,(H,22,23). The van der Waals surface area contributed by atoms with Crippen LogP contribution in [0, 0.1) is 0 Å². The quantitative estimate of drug-likeness (QED) is 0.512. The average molecular weight is 398 g/mol. The van der Waals surface area contributed by atoms with E-state index in [4.69, 9.17) is 4.74 Å². The molecular formula is C20H16BrNO3. The number of carbonyl (C=O) groups is 2. The van der Waals surface area contributed by atoms with Crippen LogP contribution in [0.2, 0.25) is 0 Å². The molecule has 5 heteroatoms. The van der Waals surface area contributed by atoms with Gasteiger partial charge in [0.1, 0.15) is 5.75 Å². The van der Waals surface area contributed by atoms with Crippen molar-refractivity contribution in [3.63, 3.8) is 0 Å². The summed E-state index contributed by atoms with van der Waals surface area (Å²) in [5.41, 5.74) is 1.47. The van der Waals surface area contributed by atoms with Gasteiger partial charge in [0.25, 0.3) is 0 Å². The van der Waals surface area contributed by atoms with Gasteiger partial charge in [-0.1, -0.05) is 58.4 Å². The minimum absolute atomic E-state index is 0.156. The van der Waals surface area contributed by atoms with Crippen molar-refractivity contribution in [3.05, 3.63) is 71.8 Å². The molecule has 0 aromatic heterocycles. The summed E-state index contributed by atoms with van der Waals surface area (Å²) < 4.78 is 5.20. The molecule has 126 valence electrons. The Kier molecular flexibility index (Phi) is 5.14. The molecule has 4 nitrogen and oxygen atoms in total. The molecule has 0 atom stereocenters. The Balaban J connectivity index is 2.15. The third kappa shape index (κ3) is 3.56. The maximum Gasteiger partial charge on any atom is 0.235 e. The fourth-order valence-electron chi connectivity index (χ4n) is 2.69. The van der Waals surface area contributed by atoms with Crippen LogP contribution < -0.4 is 10.1 Å². The Morgan fingerprint density at radius 3 is 2.60 bits per heavy atom. The number of benzene rings is 3. The van der Waals surface area contributed by atoms with Crippen molar-refractivity contribution in [2.45, 2.75) is 0 Å². The summed E-state index contributed by atoms with van der Waals surface area (Å²) in [4.78, 5) is 25.0. The van der Waals surface area contributed by atoms with Gasteiger partial charge in [0.05, 0.1) is 18.1 Å². The van der Waals surface area contributed by atoms with Crippen molar-refractivity contribution >= 4 is 44.1 Å². The second-order valence-corrected chi connectivity index (χ2v) is 6.01. The minimum Gasteiger partial charge on any atom is -0.497 e. The van der Waals surface area contributed by atoms with E-state index in [-0.39, 0.29) is 17.0 Å². The van der Waals surface area contributed by atoms with Gasteiger partial charge >= 0.3 is 0 Å². The van der Waals surface area contributed by atoms with E-state index >= 15 is 0 Å². The summed E-state index contributed by atoms with van der Waals surface area (Å²) in [6.45, 7) is 0. The Hall–Kier alpha value is -2.66. The van der Waals surface area contributed by atoms with Crippen LogP contribution in [-0.2, 0) is 4.79 Å². The number of nitrogens with one attached hydrogen (secondary N) is 1. The first-order valence-electron chi connectivity index (χ1n) is 7.70. The third-order valence-electron chi connectivity index (χ3n) is 3.89. The largest absolute Gasteiger partial charge is 0.497 e. The van der Waals surface area contributed by atoms with Crippen LogP contribution in [0.4, 0.5) is 5.69 Å². The summed E-state index contributed by atoms with van der Waals surface area (Å²) in [5.74, 6) is 0.225. The lowest BCUT2D eigenvalue weighted by Gasteiger charge is -2.13. The zero-order valence-corrected chi connectivity index (χ0v) is 15.2. The summed E-state index contributed by atoms with van der Waals surface area (Å²) >= 11 is 3.15. The number of anilines is 1. The van der Waals surface area contributed by atoms with Gasteiger partial charge in [0.2, 0.25) is 5.91 Å². The first-order chi connectivity index (χ1) is 12.1. The second-order valence-electron chi connectivity index (χ2n) is 5.45. The highest BCUT2D eigenvalue weighted by atomic mass is 79.9. The smallest absolute Gasteiger partial charge is 0.235 e. The monoisotopic (exact) mass is 397 g/mol. The fourth-order valence-corrected chi connectivity index (χ4v) is 2.83. The van der Waals surface area contributed by atoms with Crippen molar-refractivity contribution in [2.75, 3.05) is 17.8 Å². The number of halogens is 1. The van der Waals surface area contributed by atoms with Gasteiger partial charge in [-0.05, 0) is 23.6 Å². The van der Waals surface area contributed by atoms with Crippen LogP contribution in [0.25, 0.3) is 10.8 Å². The molecule has 1 amide bonds. The van der Waals surface area contributed by atoms with E-state index in [1.165, 1.54) is 0 Å². The molecule has 0 fully saturated rings. The number of alkyl halides is 1. The number of methoxy groups -OCH3 is 1. The van der Waals surface area contributed by atoms with Gasteiger partial charge in [-0.15, -0.1) is 0 Å². The molecular weight excluding hydrogens is 382 g/mol. The molecule has 0 saturated heterocycles. The Labute approximate surface area is 153 Å². The van der Waals surface area contributed by atoms with Crippen LogP contribution in [-0.4, -0.2) is 24.1 Å². The highest BCUT2D eigenvalue weighted by Gasteiger charge is 2.18. The zero-order valence-electron chi connectivity index (χ0n) is 13.6. The number of amides is 1. The molecule has 0 aliphatic heterocycles. The lowest BCUT2D eigenvalue weighted by atomic mass is 9.97. The number of carbonyl (C=O) groups excluding carboxylic acids is 2. The zero-order chi connectivity index (χ0) is 17.8. The van der Waals surface area contributed by atoms with Crippen molar-refractivity contribution in [1.29, 1.82) is 0 Å². The predicted octanol–water partition coefficient (Wildman–Crippen LogP) is 4.41. The molecule has 0 aliphatic rings. The molecule has 0 heterocycles. The van der Waals surface area contributed by atoms with Gasteiger partial charge in [-0.3, -0.25) is 9.59 Å². The number of ketones is 1. The third-order valence-corrected chi connectivity index (χ3v) is 4.40. The van der Waals surface area contributed by atoms with Gasteiger partial charge < -0.3 is 10.1 Å². The second kappa shape index (κ2) is 7.49. The van der Waals surface area contributed by atoms with Crippen LogP contribution in [0.1, 0.15) is 15.9 Å². The van der Waals surface area contributed by atoms with Crippen molar-refractivity contribution in [2.24, 2.45) is 0 Å². The summed E-state index contributed by atoms with van der Waals surface area (Å²) in [7, 11) is 1.56. The lowest BCUT2D eigenvalue weighted by Crippen LogP contribution is -2.16. The van der Waals surface area contributed by atoms with E-state index in [2.05, 4.69) is 21.2 Å². The SMILES string of the molecule is COc1cccc(C(=O)c2ccc3ccccc3c2NC(=O)CBr)c1. The van der Waals surface area contributed by atoms with E-state index in [0.29, 0.717) is 22.6 Å². The summed E-state index contributed by atoms with van der Waals surface area (Å²) in [6, 6.07) is 18.2. The van der Waals surface area contributed by atoms with Gasteiger partial charge in [0.15, 0.2) is 5.78 Å². The molecule has 3 aromatic carbocycles. The Morgan fingerprint density at radius 2 is 1.84 bits per heavy atom. The highest BCUT2D eigenvalue weighted by molar-refractivity contribution is 9.09.